The summed E-state index contributed by atoms with van der Waals surface area (Å²) in [5, 5.41) is 2.14. The van der Waals surface area contributed by atoms with Crippen molar-refractivity contribution < 1.29 is 0 Å². The Labute approximate surface area is 287 Å². The van der Waals surface area contributed by atoms with Gasteiger partial charge in [0.2, 0.25) is 0 Å². The number of anilines is 8. The molecule has 9 heteroatoms. The summed E-state index contributed by atoms with van der Waals surface area (Å²) in [4.78, 5) is 6.52. The summed E-state index contributed by atoms with van der Waals surface area (Å²) in [6, 6.07) is 50.1. The van der Waals surface area contributed by atoms with Gasteiger partial charge in [-0.05, 0) is 0 Å². The number of nitrogens with two attached hydrogens (primary N) is 2. The number of rotatable bonds is 8. The van der Waals surface area contributed by atoms with Crippen LogP contribution in [-0.4, -0.2) is 22.9 Å². The van der Waals surface area contributed by atoms with E-state index in [2.05, 4.69) is 131 Å². The van der Waals surface area contributed by atoms with E-state index < -0.39 is 0 Å². The second kappa shape index (κ2) is 12.5. The molecule has 6 nitrogen and oxygen atoms in total. The van der Waals surface area contributed by atoms with Crippen molar-refractivity contribution in [1.29, 1.82) is 0 Å². The van der Waals surface area contributed by atoms with Crippen molar-refractivity contribution in [2.45, 2.75) is 0 Å². The molecular weight excluding hydrogens is 684 g/mol. The molecule has 228 valence electrons. The molecular formula is C38H28N6S2Se. The van der Waals surface area contributed by atoms with E-state index >= 15 is 0 Å². The van der Waals surface area contributed by atoms with E-state index in [-0.39, 0.29) is 15.0 Å². The second-order valence-corrected chi connectivity index (χ2v) is 14.1. The van der Waals surface area contributed by atoms with Gasteiger partial charge in [-0.25, -0.2) is 0 Å². The molecule has 3 aromatic heterocycles. The first-order valence-corrected chi connectivity index (χ1v) is 18.2. The van der Waals surface area contributed by atoms with Gasteiger partial charge in [0.05, 0.1) is 0 Å². The Bertz CT molecular complexity index is 2040. The fourth-order valence-electron chi connectivity index (χ4n) is 5.82. The molecule has 0 atom stereocenters. The maximum absolute atomic E-state index is 6.95. The summed E-state index contributed by atoms with van der Waals surface area (Å²) in [5.41, 5.74) is 22.6. The average molecular weight is 712 g/mol. The van der Waals surface area contributed by atoms with Gasteiger partial charge >= 0.3 is 288 Å². The minimum absolute atomic E-state index is 0.285. The molecule has 0 bridgehead atoms. The van der Waals surface area contributed by atoms with Crippen LogP contribution >= 0.6 is 22.7 Å². The molecule has 0 spiro atoms. The van der Waals surface area contributed by atoms with Crippen LogP contribution in [0.5, 0.6) is 0 Å². The summed E-state index contributed by atoms with van der Waals surface area (Å²) in [6.07, 6.45) is 0. The Morgan fingerprint density at radius 2 is 0.745 bits per heavy atom. The summed E-state index contributed by atoms with van der Waals surface area (Å²) < 4.78 is 9.84. The van der Waals surface area contributed by atoms with Crippen molar-refractivity contribution in [3.63, 3.8) is 0 Å². The third-order valence-corrected chi connectivity index (χ3v) is 11.3. The normalized spacial score (nSPS) is 11.1. The molecule has 8 rings (SSSR count). The predicted octanol–water partition coefficient (Wildman–Crippen LogP) is 10.2. The second-order valence-electron chi connectivity index (χ2n) is 10.8. The monoisotopic (exact) mass is 712 g/mol. The van der Waals surface area contributed by atoms with Crippen molar-refractivity contribution in [1.82, 2.24) is 7.96 Å². The number of fused-ring (bicyclic) bond motifs is 1. The van der Waals surface area contributed by atoms with Crippen LogP contribution in [0.15, 0.2) is 146 Å². The molecule has 0 aliphatic heterocycles. The van der Waals surface area contributed by atoms with E-state index in [1.165, 1.54) is 0 Å². The van der Waals surface area contributed by atoms with E-state index in [9.17, 15) is 0 Å². The Kier molecular flexibility index (Phi) is 7.81. The number of aromatic nitrogens is 2. The van der Waals surface area contributed by atoms with Gasteiger partial charge in [-0.1, -0.05) is 0 Å². The number of hydrogen-bond donors (Lipinski definition) is 2. The van der Waals surface area contributed by atoms with E-state index in [1.54, 1.807) is 22.7 Å². The average Bonchev–Trinajstić information content (AvgIpc) is 3.91. The minimum atomic E-state index is -0.285. The topological polar surface area (TPSA) is 84.3 Å². The molecule has 0 fully saturated rings. The van der Waals surface area contributed by atoms with Gasteiger partial charge in [-0.3, -0.25) is 0 Å². The third kappa shape index (κ3) is 5.39. The van der Waals surface area contributed by atoms with Gasteiger partial charge in [-0.2, -0.15) is 0 Å². The van der Waals surface area contributed by atoms with Crippen LogP contribution in [0, 0.1) is 0 Å². The number of hydrogen-bond acceptors (Lipinski definition) is 8. The van der Waals surface area contributed by atoms with Gasteiger partial charge in [0, 0.05) is 0 Å². The molecule has 3 heterocycles. The molecule has 0 aliphatic rings. The van der Waals surface area contributed by atoms with E-state index in [1.807, 2.05) is 24.3 Å². The van der Waals surface area contributed by atoms with Gasteiger partial charge in [-0.15, -0.1) is 0 Å². The summed E-state index contributed by atoms with van der Waals surface area (Å²) >= 11 is 3.05. The number of thiophene rings is 2. The third-order valence-electron chi connectivity index (χ3n) is 7.97. The number of para-hydroxylation sites is 4. The van der Waals surface area contributed by atoms with Crippen molar-refractivity contribution in [3.8, 4) is 20.9 Å². The van der Waals surface area contributed by atoms with Gasteiger partial charge in [0.25, 0.3) is 0 Å². The quantitative estimate of drug-likeness (QED) is 0.121. The van der Waals surface area contributed by atoms with E-state index in [0.29, 0.717) is 11.4 Å². The molecule has 5 aromatic carbocycles. The molecule has 0 unspecified atom stereocenters. The Balaban J connectivity index is 1.22. The van der Waals surface area contributed by atoms with E-state index in [0.717, 1.165) is 64.7 Å². The Hall–Kier alpha value is -5.18. The molecule has 0 saturated carbocycles. The molecule has 0 amide bonds. The van der Waals surface area contributed by atoms with Crippen molar-refractivity contribution in [2.24, 2.45) is 0 Å². The Morgan fingerprint density at radius 3 is 1.06 bits per heavy atom. The first-order chi connectivity index (χ1) is 23.2. The van der Waals surface area contributed by atoms with Crippen LogP contribution in [0.2, 0.25) is 0 Å². The zero-order chi connectivity index (χ0) is 31.7. The molecule has 4 N–H and O–H groups in total. The molecule has 0 saturated heterocycles. The maximum atomic E-state index is 6.95. The predicted molar refractivity (Wildman–Crippen MR) is 201 cm³/mol. The van der Waals surface area contributed by atoms with Gasteiger partial charge < -0.3 is 0 Å². The molecule has 8 aromatic rings. The summed E-state index contributed by atoms with van der Waals surface area (Å²) in [5.74, 6) is 0. The first kappa shape index (κ1) is 29.2. The number of benzene rings is 5. The first-order valence-electron chi connectivity index (χ1n) is 15.0. The number of nitrogens with zero attached hydrogens (tertiary/aromatic N) is 4. The summed E-state index contributed by atoms with van der Waals surface area (Å²) in [7, 11) is 0. The molecule has 0 aliphatic carbocycles. The van der Waals surface area contributed by atoms with Crippen LogP contribution in [0.1, 0.15) is 0 Å². The zero-order valence-corrected chi connectivity index (χ0v) is 28.4. The number of nitrogen functional groups attached to an aromatic ring is 2. The van der Waals surface area contributed by atoms with Crippen LogP contribution in [0.25, 0.3) is 31.9 Å². The van der Waals surface area contributed by atoms with Gasteiger partial charge in [0.15, 0.2) is 0 Å². The van der Waals surface area contributed by atoms with E-state index in [4.69, 9.17) is 19.4 Å². The van der Waals surface area contributed by atoms with Crippen LogP contribution in [-0.2, 0) is 0 Å². The van der Waals surface area contributed by atoms with Crippen LogP contribution in [0.3, 0.4) is 0 Å². The van der Waals surface area contributed by atoms with Gasteiger partial charge in [0.1, 0.15) is 0 Å². The fourth-order valence-corrected chi connectivity index (χ4v) is 9.21. The molecule has 47 heavy (non-hydrogen) atoms. The van der Waals surface area contributed by atoms with Crippen molar-refractivity contribution in [2.75, 3.05) is 21.3 Å². The fraction of sp³-hybridized carbons (Fsp3) is 0. The van der Waals surface area contributed by atoms with Crippen molar-refractivity contribution in [3.05, 3.63) is 146 Å². The van der Waals surface area contributed by atoms with Crippen LogP contribution in [0.4, 0.5) is 44.1 Å². The summed E-state index contributed by atoms with van der Waals surface area (Å²) in [6.45, 7) is 0. The SMILES string of the molecule is Nc1c(N)c(-c2ccc(N(c3ccccc3)c3ccccc3)s2)c2n[se]nc2c1-c1ccc(N(c2ccccc2)c2ccccc2)s1. The Morgan fingerprint density at radius 1 is 0.426 bits per heavy atom. The van der Waals surface area contributed by atoms with Crippen molar-refractivity contribution >= 4 is 92.8 Å². The standard InChI is InChI=1S/C38H28N6S2Se/c39-35-33(29-21-23-31(45-29)43(25-13-5-1-6-14-25)26-15-7-2-8-16-26)37-38(42-47-41-37)34(36(35)40)30-22-24-32(46-30)44(27-17-9-3-10-18-27)28-19-11-4-12-20-28/h1-24H,39-40H2. The zero-order valence-electron chi connectivity index (χ0n) is 25.0. The molecule has 0 radical (unpaired) electrons. The van der Waals surface area contributed by atoms with Crippen LogP contribution < -0.4 is 21.3 Å².